The SMILES string of the molecule is CC1(C)/C(=N\c2nc(NCc3cnccc3CF)ncc2C#N)C[C@@H]1N=O. The van der Waals surface area contributed by atoms with Crippen molar-refractivity contribution < 1.29 is 4.39 Å². The molecule has 2 aromatic rings. The Kier molecular flexibility index (Phi) is 5.16. The number of nitrogens with one attached hydrogen (secondary N) is 1. The molecule has 1 N–H and O–H groups in total. The van der Waals surface area contributed by atoms with Crippen LogP contribution in [0.5, 0.6) is 0 Å². The first kappa shape index (κ1) is 18.5. The van der Waals surface area contributed by atoms with Crippen molar-refractivity contribution in [2.75, 3.05) is 5.32 Å². The zero-order valence-electron chi connectivity index (χ0n) is 15.0. The lowest BCUT2D eigenvalue weighted by atomic mass is 9.65. The zero-order valence-corrected chi connectivity index (χ0v) is 15.0. The van der Waals surface area contributed by atoms with E-state index in [1.807, 2.05) is 19.9 Å². The average molecular weight is 367 g/mol. The number of nitroso groups, excluding NO2 is 1. The summed E-state index contributed by atoms with van der Waals surface area (Å²) >= 11 is 0. The predicted molar refractivity (Wildman–Crippen MR) is 98.2 cm³/mol. The Labute approximate surface area is 155 Å². The van der Waals surface area contributed by atoms with E-state index in [9.17, 15) is 14.6 Å². The van der Waals surface area contributed by atoms with Crippen LogP contribution < -0.4 is 5.32 Å². The van der Waals surface area contributed by atoms with Gasteiger partial charge >= 0.3 is 0 Å². The minimum atomic E-state index is -0.590. The van der Waals surface area contributed by atoms with E-state index in [0.717, 1.165) is 5.71 Å². The third kappa shape index (κ3) is 3.65. The Morgan fingerprint density at radius 3 is 2.89 bits per heavy atom. The van der Waals surface area contributed by atoms with Gasteiger partial charge < -0.3 is 5.32 Å². The molecule has 0 aromatic carbocycles. The molecule has 1 aliphatic carbocycles. The highest BCUT2D eigenvalue weighted by atomic mass is 19.1. The molecule has 0 unspecified atom stereocenters. The number of pyridine rings is 1. The van der Waals surface area contributed by atoms with Gasteiger partial charge in [-0.15, -0.1) is 0 Å². The molecular formula is C18H18FN7O. The van der Waals surface area contributed by atoms with Gasteiger partial charge in [0.25, 0.3) is 0 Å². The molecule has 1 saturated carbocycles. The minimum Gasteiger partial charge on any atom is -0.350 e. The molecule has 0 saturated heterocycles. The maximum Gasteiger partial charge on any atom is 0.225 e. The number of rotatable bonds is 6. The van der Waals surface area contributed by atoms with E-state index in [1.165, 1.54) is 12.4 Å². The number of hydrogen-bond donors (Lipinski definition) is 1. The van der Waals surface area contributed by atoms with Crippen molar-refractivity contribution in [1.29, 1.82) is 5.26 Å². The smallest absolute Gasteiger partial charge is 0.225 e. The summed E-state index contributed by atoms with van der Waals surface area (Å²) in [4.78, 5) is 27.7. The second kappa shape index (κ2) is 7.53. The number of nitrogens with zero attached hydrogens (tertiary/aromatic N) is 6. The lowest BCUT2D eigenvalue weighted by molar-refractivity contribution is 0.338. The number of alkyl halides is 1. The van der Waals surface area contributed by atoms with Crippen LogP contribution in [-0.2, 0) is 13.2 Å². The van der Waals surface area contributed by atoms with Crippen molar-refractivity contribution in [3.05, 3.63) is 46.3 Å². The van der Waals surface area contributed by atoms with Crippen LogP contribution in [-0.4, -0.2) is 26.7 Å². The topological polar surface area (TPSA) is 116 Å². The highest BCUT2D eigenvalue weighted by Gasteiger charge is 2.46. The van der Waals surface area contributed by atoms with Gasteiger partial charge in [0, 0.05) is 36.5 Å². The van der Waals surface area contributed by atoms with Gasteiger partial charge in [-0.3, -0.25) is 4.98 Å². The molecule has 0 spiro atoms. The van der Waals surface area contributed by atoms with Crippen LogP contribution in [0, 0.1) is 21.7 Å². The van der Waals surface area contributed by atoms with Crippen molar-refractivity contribution in [3.8, 4) is 6.07 Å². The van der Waals surface area contributed by atoms with Gasteiger partial charge in [0.1, 0.15) is 24.3 Å². The van der Waals surface area contributed by atoms with Crippen LogP contribution >= 0.6 is 0 Å². The fourth-order valence-electron chi connectivity index (χ4n) is 2.79. The van der Waals surface area contributed by atoms with Gasteiger partial charge in [-0.1, -0.05) is 19.0 Å². The third-order valence-corrected chi connectivity index (χ3v) is 4.81. The van der Waals surface area contributed by atoms with E-state index in [1.54, 1.807) is 12.3 Å². The van der Waals surface area contributed by atoms with Crippen LogP contribution in [0.3, 0.4) is 0 Å². The van der Waals surface area contributed by atoms with E-state index < -0.39 is 12.1 Å². The fourth-order valence-corrected chi connectivity index (χ4v) is 2.79. The molecular weight excluding hydrogens is 349 g/mol. The summed E-state index contributed by atoms with van der Waals surface area (Å²) < 4.78 is 13.0. The molecule has 2 aromatic heterocycles. The number of aromatic nitrogens is 3. The van der Waals surface area contributed by atoms with Crippen molar-refractivity contribution in [2.24, 2.45) is 15.6 Å². The molecule has 0 aliphatic heterocycles. The predicted octanol–water partition coefficient (Wildman–Crippen LogP) is 3.46. The molecule has 2 heterocycles. The zero-order chi connectivity index (χ0) is 19.4. The van der Waals surface area contributed by atoms with Gasteiger partial charge in [0.15, 0.2) is 5.82 Å². The highest BCUT2D eigenvalue weighted by Crippen LogP contribution is 2.41. The maximum absolute atomic E-state index is 13.0. The monoisotopic (exact) mass is 367 g/mol. The van der Waals surface area contributed by atoms with Crippen LogP contribution in [0.25, 0.3) is 0 Å². The van der Waals surface area contributed by atoms with Crippen molar-refractivity contribution in [1.82, 2.24) is 15.0 Å². The van der Waals surface area contributed by atoms with Crippen LogP contribution in [0.2, 0.25) is 0 Å². The first-order valence-corrected chi connectivity index (χ1v) is 8.38. The van der Waals surface area contributed by atoms with Gasteiger partial charge in [0.2, 0.25) is 5.95 Å². The third-order valence-electron chi connectivity index (χ3n) is 4.81. The molecule has 9 heteroatoms. The summed E-state index contributed by atoms with van der Waals surface area (Å²) in [5, 5.41) is 15.4. The number of anilines is 1. The van der Waals surface area contributed by atoms with Crippen molar-refractivity contribution in [3.63, 3.8) is 0 Å². The molecule has 1 fully saturated rings. The number of aliphatic imine (C=N–C) groups is 1. The molecule has 1 aliphatic rings. The minimum absolute atomic E-state index is 0.234. The Morgan fingerprint density at radius 1 is 1.41 bits per heavy atom. The van der Waals surface area contributed by atoms with Crippen LogP contribution in [0.1, 0.15) is 37.0 Å². The van der Waals surface area contributed by atoms with Gasteiger partial charge in [-0.25, -0.2) is 14.4 Å². The summed E-state index contributed by atoms with van der Waals surface area (Å²) in [6.07, 6.45) is 4.95. The van der Waals surface area contributed by atoms with Crippen molar-refractivity contribution >= 4 is 17.5 Å². The summed E-state index contributed by atoms with van der Waals surface area (Å²) in [6.45, 7) is 3.47. The number of hydrogen-bond acceptors (Lipinski definition) is 8. The van der Waals surface area contributed by atoms with E-state index >= 15 is 0 Å². The second-order valence-corrected chi connectivity index (χ2v) is 6.78. The van der Waals surface area contributed by atoms with E-state index in [-0.39, 0.29) is 29.9 Å². The Morgan fingerprint density at radius 2 is 2.22 bits per heavy atom. The first-order chi connectivity index (χ1) is 13.0. The average Bonchev–Trinajstić information content (AvgIpc) is 2.69. The second-order valence-electron chi connectivity index (χ2n) is 6.78. The summed E-state index contributed by atoms with van der Waals surface area (Å²) in [6, 6.07) is 3.30. The highest BCUT2D eigenvalue weighted by molar-refractivity contribution is 5.98. The van der Waals surface area contributed by atoms with Crippen molar-refractivity contribution in [2.45, 2.75) is 39.5 Å². The molecule has 0 amide bonds. The summed E-state index contributed by atoms with van der Waals surface area (Å²) in [7, 11) is 0. The summed E-state index contributed by atoms with van der Waals surface area (Å²) in [5.74, 6) is 0.503. The molecule has 3 rings (SSSR count). The maximum atomic E-state index is 13.0. The molecule has 138 valence electrons. The van der Waals surface area contributed by atoms with E-state index in [4.69, 9.17) is 0 Å². The van der Waals surface area contributed by atoms with E-state index in [0.29, 0.717) is 17.5 Å². The molecule has 0 radical (unpaired) electrons. The molecule has 27 heavy (non-hydrogen) atoms. The fraction of sp³-hybridized carbons (Fsp3) is 0.389. The van der Waals surface area contributed by atoms with Crippen LogP contribution in [0.15, 0.2) is 34.8 Å². The quantitative estimate of drug-likeness (QED) is 0.782. The normalized spacial score (nSPS) is 19.2. The molecule has 1 atom stereocenters. The summed E-state index contributed by atoms with van der Waals surface area (Å²) in [5.41, 5.74) is 1.77. The Bertz CT molecular complexity index is 936. The van der Waals surface area contributed by atoms with Crippen LogP contribution in [0.4, 0.5) is 16.2 Å². The van der Waals surface area contributed by atoms with Gasteiger partial charge in [0.05, 0.1) is 6.20 Å². The van der Waals surface area contributed by atoms with Gasteiger partial charge in [-0.05, 0) is 17.2 Å². The molecule has 8 nitrogen and oxygen atoms in total. The van der Waals surface area contributed by atoms with Gasteiger partial charge in [-0.2, -0.15) is 15.2 Å². The Balaban J connectivity index is 1.82. The van der Waals surface area contributed by atoms with E-state index in [2.05, 4.69) is 30.4 Å². The standard InChI is InChI=1S/C18H18FN7O/c1-18(2)14(5-15(18)26-27)24-16-12(7-20)9-22-17(25-16)23-10-13-8-21-4-3-11(13)6-19/h3-4,8-9,15H,5-6,10H2,1-2H3,(H,22,23,25)/b24-14-/t15-/m0/s1. The number of halogens is 1. The number of nitriles is 1. The molecule has 0 bridgehead atoms. The lowest BCUT2D eigenvalue weighted by Gasteiger charge is -2.41. The Hall–Kier alpha value is -3.28. The first-order valence-electron chi connectivity index (χ1n) is 8.38. The lowest BCUT2D eigenvalue weighted by Crippen LogP contribution is -2.48. The largest absolute Gasteiger partial charge is 0.350 e.